The molecule has 2 fully saturated rings. The number of carbonyl (C=O) groups excluding carboxylic acids is 1. The van der Waals surface area contributed by atoms with Crippen LogP contribution in [0.15, 0.2) is 0 Å². The zero-order valence-electron chi connectivity index (χ0n) is 13.1. The summed E-state index contributed by atoms with van der Waals surface area (Å²) >= 11 is 1.88. The van der Waals surface area contributed by atoms with Crippen LogP contribution in [-0.4, -0.2) is 51.1 Å². The highest BCUT2D eigenvalue weighted by Gasteiger charge is 2.44. The molecule has 2 rings (SSSR count). The van der Waals surface area contributed by atoms with Crippen LogP contribution in [0.4, 0.5) is 4.79 Å². The summed E-state index contributed by atoms with van der Waals surface area (Å²) < 4.78 is 0. The smallest absolute Gasteiger partial charge is 0.329 e. The number of amides is 2. The quantitative estimate of drug-likeness (QED) is 0.822. The van der Waals surface area contributed by atoms with Crippen LogP contribution in [0.2, 0.25) is 0 Å². The fourth-order valence-corrected chi connectivity index (χ4v) is 4.87. The molecule has 2 aliphatic rings. The van der Waals surface area contributed by atoms with Gasteiger partial charge in [0.05, 0.1) is 0 Å². The van der Waals surface area contributed by atoms with Gasteiger partial charge in [0, 0.05) is 23.6 Å². The van der Waals surface area contributed by atoms with Gasteiger partial charge in [-0.25, -0.2) is 9.59 Å². The Hall–Kier alpha value is -0.910. The topological polar surface area (TPSA) is 69.6 Å². The van der Waals surface area contributed by atoms with E-state index in [1.165, 1.54) is 0 Å². The summed E-state index contributed by atoms with van der Waals surface area (Å²) in [6.45, 7) is 7.65. The number of urea groups is 1. The lowest BCUT2D eigenvalue weighted by Gasteiger charge is -2.40. The van der Waals surface area contributed by atoms with Gasteiger partial charge in [-0.1, -0.05) is 33.6 Å². The van der Waals surface area contributed by atoms with E-state index >= 15 is 0 Å². The van der Waals surface area contributed by atoms with Crippen molar-refractivity contribution < 1.29 is 14.7 Å². The van der Waals surface area contributed by atoms with E-state index < -0.39 is 11.5 Å². The minimum Gasteiger partial charge on any atom is -0.480 e. The van der Waals surface area contributed by atoms with E-state index in [0.717, 1.165) is 12.8 Å². The Balaban J connectivity index is 2.06. The number of carboxylic acids is 1. The summed E-state index contributed by atoms with van der Waals surface area (Å²) in [6.07, 6.45) is 2.96. The molecule has 6 heteroatoms. The number of carbonyl (C=O) groups is 2. The molecule has 1 saturated carbocycles. The highest BCUT2D eigenvalue weighted by molar-refractivity contribution is 8.00. The monoisotopic (exact) mass is 314 g/mol. The van der Waals surface area contributed by atoms with Crippen LogP contribution in [0.5, 0.6) is 0 Å². The van der Waals surface area contributed by atoms with Gasteiger partial charge in [0.2, 0.25) is 0 Å². The van der Waals surface area contributed by atoms with Gasteiger partial charge in [-0.15, -0.1) is 0 Å². The molecule has 1 heterocycles. The molecule has 2 amide bonds. The largest absolute Gasteiger partial charge is 0.480 e. The van der Waals surface area contributed by atoms with Crippen molar-refractivity contribution in [1.29, 1.82) is 0 Å². The fourth-order valence-electron chi connectivity index (χ4n) is 3.54. The Bertz CT molecular complexity index is 408. The molecule has 0 bridgehead atoms. The standard InChI is InChI=1S/C15H26N2O3S/c1-10-5-4-6-15(7-10,13(18)19)16-14(20)17-8-11(2)21-12(3)9-17/h10-12H,4-9H2,1-3H3,(H,16,20)(H,18,19). The molecule has 4 atom stereocenters. The first kappa shape index (κ1) is 16.5. The molecule has 0 aromatic carbocycles. The van der Waals surface area contributed by atoms with E-state index in [2.05, 4.69) is 26.1 Å². The predicted molar refractivity (Wildman–Crippen MR) is 84.6 cm³/mol. The lowest BCUT2D eigenvalue weighted by molar-refractivity contribution is -0.146. The molecule has 1 saturated heterocycles. The van der Waals surface area contributed by atoms with Crippen LogP contribution in [0.3, 0.4) is 0 Å². The van der Waals surface area contributed by atoms with E-state index in [1.54, 1.807) is 4.90 Å². The number of thioether (sulfide) groups is 1. The second-order valence-electron chi connectivity index (χ2n) is 6.68. The van der Waals surface area contributed by atoms with E-state index in [9.17, 15) is 14.7 Å². The van der Waals surface area contributed by atoms with Crippen molar-refractivity contribution in [3.63, 3.8) is 0 Å². The molecule has 0 aromatic heterocycles. The zero-order chi connectivity index (χ0) is 15.6. The van der Waals surface area contributed by atoms with Crippen molar-refractivity contribution in [2.75, 3.05) is 13.1 Å². The summed E-state index contributed by atoms with van der Waals surface area (Å²) in [5.74, 6) is -0.556. The van der Waals surface area contributed by atoms with Gasteiger partial charge in [-0.2, -0.15) is 11.8 Å². The fraction of sp³-hybridized carbons (Fsp3) is 0.867. The minimum atomic E-state index is -1.08. The maximum absolute atomic E-state index is 12.5. The number of hydrogen-bond acceptors (Lipinski definition) is 3. The van der Waals surface area contributed by atoms with Crippen molar-refractivity contribution in [1.82, 2.24) is 10.2 Å². The van der Waals surface area contributed by atoms with Crippen molar-refractivity contribution in [2.45, 2.75) is 62.5 Å². The Kier molecular flexibility index (Phi) is 5.07. The Morgan fingerprint density at radius 3 is 2.38 bits per heavy atom. The molecule has 0 spiro atoms. The van der Waals surface area contributed by atoms with Gasteiger partial charge in [0.1, 0.15) is 5.54 Å². The molecule has 0 aromatic rings. The molecule has 0 radical (unpaired) electrons. The first-order chi connectivity index (χ1) is 9.82. The lowest BCUT2D eigenvalue weighted by atomic mass is 9.76. The third-order valence-electron chi connectivity index (χ3n) is 4.46. The molecule has 5 nitrogen and oxygen atoms in total. The molecule has 120 valence electrons. The number of rotatable bonds is 2. The van der Waals surface area contributed by atoms with Gasteiger partial charge in [0.15, 0.2) is 0 Å². The van der Waals surface area contributed by atoms with Crippen molar-refractivity contribution in [3.05, 3.63) is 0 Å². The first-order valence-corrected chi connectivity index (χ1v) is 8.72. The van der Waals surface area contributed by atoms with Gasteiger partial charge in [-0.3, -0.25) is 0 Å². The number of aliphatic carboxylic acids is 1. The summed E-state index contributed by atoms with van der Waals surface area (Å²) in [6, 6.07) is -0.217. The van der Waals surface area contributed by atoms with Crippen LogP contribution in [0.25, 0.3) is 0 Å². The average molecular weight is 314 g/mol. The second kappa shape index (κ2) is 6.46. The molecule has 1 aliphatic carbocycles. The summed E-state index contributed by atoms with van der Waals surface area (Å²) in [7, 11) is 0. The molecule has 1 aliphatic heterocycles. The van der Waals surface area contributed by atoms with Gasteiger partial charge < -0.3 is 15.3 Å². The Morgan fingerprint density at radius 2 is 1.86 bits per heavy atom. The molecular weight excluding hydrogens is 288 g/mol. The highest BCUT2D eigenvalue weighted by atomic mass is 32.2. The maximum Gasteiger partial charge on any atom is 0.329 e. The van der Waals surface area contributed by atoms with Crippen molar-refractivity contribution in [3.8, 4) is 0 Å². The number of nitrogens with zero attached hydrogens (tertiary/aromatic N) is 1. The van der Waals surface area contributed by atoms with Crippen molar-refractivity contribution >= 4 is 23.8 Å². The first-order valence-electron chi connectivity index (χ1n) is 7.78. The summed E-state index contributed by atoms with van der Waals surface area (Å²) in [5.41, 5.74) is -1.08. The van der Waals surface area contributed by atoms with Crippen molar-refractivity contribution in [2.24, 2.45) is 5.92 Å². The van der Waals surface area contributed by atoms with E-state index in [1.807, 2.05) is 11.8 Å². The SMILES string of the molecule is CC1CCCC(NC(=O)N2CC(C)SC(C)C2)(C(=O)O)C1. The van der Waals surface area contributed by atoms with Crippen LogP contribution in [-0.2, 0) is 4.79 Å². The van der Waals surface area contributed by atoms with Crippen LogP contribution in [0.1, 0.15) is 46.5 Å². The predicted octanol–water partition coefficient (Wildman–Crippen LogP) is 2.56. The zero-order valence-corrected chi connectivity index (χ0v) is 13.9. The lowest BCUT2D eigenvalue weighted by Crippen LogP contribution is -2.61. The molecule has 4 unspecified atom stereocenters. The van der Waals surface area contributed by atoms with Crippen LogP contribution in [0, 0.1) is 5.92 Å². The summed E-state index contributed by atoms with van der Waals surface area (Å²) in [5, 5.41) is 13.3. The normalized spacial score (nSPS) is 37.1. The number of carboxylic acid groups (broad SMARTS) is 1. The molecule has 2 N–H and O–H groups in total. The highest BCUT2D eigenvalue weighted by Crippen LogP contribution is 2.33. The Morgan fingerprint density at radius 1 is 1.24 bits per heavy atom. The molecule has 21 heavy (non-hydrogen) atoms. The average Bonchev–Trinajstić information content (AvgIpc) is 2.37. The number of nitrogens with one attached hydrogen (secondary N) is 1. The van der Waals surface area contributed by atoms with Gasteiger partial charge >= 0.3 is 12.0 Å². The van der Waals surface area contributed by atoms with Crippen LogP contribution >= 0.6 is 11.8 Å². The Labute approximate surface area is 130 Å². The van der Waals surface area contributed by atoms with Crippen LogP contribution < -0.4 is 5.32 Å². The maximum atomic E-state index is 12.5. The van der Waals surface area contributed by atoms with E-state index in [-0.39, 0.29) is 6.03 Å². The van der Waals surface area contributed by atoms with E-state index in [0.29, 0.717) is 42.3 Å². The number of hydrogen-bond donors (Lipinski definition) is 2. The summed E-state index contributed by atoms with van der Waals surface area (Å²) in [4.78, 5) is 26.0. The third-order valence-corrected chi connectivity index (χ3v) is 5.69. The third kappa shape index (κ3) is 3.84. The van der Waals surface area contributed by atoms with E-state index in [4.69, 9.17) is 0 Å². The molecular formula is C15H26N2O3S. The van der Waals surface area contributed by atoms with Gasteiger partial charge in [0.25, 0.3) is 0 Å². The second-order valence-corrected chi connectivity index (χ2v) is 8.56. The van der Waals surface area contributed by atoms with Gasteiger partial charge in [-0.05, 0) is 18.8 Å². The minimum absolute atomic E-state index is 0.217.